The maximum atomic E-state index is 11.8. The number of aryl methyl sites for hydroxylation is 1. The summed E-state index contributed by atoms with van der Waals surface area (Å²) < 4.78 is 22.6. The summed E-state index contributed by atoms with van der Waals surface area (Å²) in [5, 5.41) is 5.97. The molecule has 1 saturated heterocycles. The molecular weight excluding hydrogens is 288 g/mol. The lowest BCUT2D eigenvalue weighted by Crippen LogP contribution is -2.36. The fourth-order valence-corrected chi connectivity index (χ4v) is 4.06. The lowest BCUT2D eigenvalue weighted by molar-refractivity contribution is -0.121. The first-order valence-electron chi connectivity index (χ1n) is 7.31. The molecule has 1 atom stereocenters. The molecule has 116 valence electrons. The number of hydrogen-bond donors (Lipinski definition) is 2. The highest BCUT2D eigenvalue weighted by molar-refractivity contribution is 7.91. The smallest absolute Gasteiger partial charge is 0.222 e. The zero-order valence-corrected chi connectivity index (χ0v) is 13.1. The van der Waals surface area contributed by atoms with Crippen LogP contribution in [-0.4, -0.2) is 38.4 Å². The third-order valence-electron chi connectivity index (χ3n) is 3.64. The molecule has 2 N–H and O–H groups in total. The highest BCUT2D eigenvalue weighted by Crippen LogP contribution is 2.12. The number of rotatable bonds is 6. The highest BCUT2D eigenvalue weighted by Gasteiger charge is 2.28. The molecule has 2 rings (SSSR count). The topological polar surface area (TPSA) is 75.3 Å². The van der Waals surface area contributed by atoms with Crippen molar-refractivity contribution in [3.8, 4) is 0 Å². The first-order chi connectivity index (χ1) is 9.98. The van der Waals surface area contributed by atoms with Crippen molar-refractivity contribution in [2.24, 2.45) is 0 Å². The summed E-state index contributed by atoms with van der Waals surface area (Å²) in [6.45, 7) is 2.65. The van der Waals surface area contributed by atoms with Crippen LogP contribution in [0.25, 0.3) is 0 Å². The molecule has 1 aromatic rings. The summed E-state index contributed by atoms with van der Waals surface area (Å²) in [5.41, 5.74) is 2.27. The van der Waals surface area contributed by atoms with Crippen molar-refractivity contribution in [3.63, 3.8) is 0 Å². The number of hydrogen-bond acceptors (Lipinski definition) is 4. The largest absolute Gasteiger partial charge is 0.385 e. The van der Waals surface area contributed by atoms with E-state index in [1.807, 2.05) is 12.1 Å². The van der Waals surface area contributed by atoms with Crippen LogP contribution in [0.2, 0.25) is 0 Å². The minimum atomic E-state index is -2.94. The number of sulfone groups is 1. The van der Waals surface area contributed by atoms with Crippen molar-refractivity contribution in [2.45, 2.75) is 32.2 Å². The molecule has 0 aliphatic carbocycles. The van der Waals surface area contributed by atoms with Crippen molar-refractivity contribution in [2.75, 3.05) is 23.4 Å². The maximum absolute atomic E-state index is 11.8. The van der Waals surface area contributed by atoms with E-state index in [-0.39, 0.29) is 23.5 Å². The minimum absolute atomic E-state index is 0.0741. The molecule has 0 spiro atoms. The molecule has 1 heterocycles. The van der Waals surface area contributed by atoms with Gasteiger partial charge in [0.15, 0.2) is 9.84 Å². The number of amides is 1. The van der Waals surface area contributed by atoms with Crippen LogP contribution in [0.15, 0.2) is 24.3 Å². The Morgan fingerprint density at radius 1 is 1.29 bits per heavy atom. The second kappa shape index (κ2) is 6.93. The third-order valence-corrected chi connectivity index (χ3v) is 5.41. The van der Waals surface area contributed by atoms with E-state index in [0.717, 1.165) is 12.1 Å². The molecule has 1 aromatic carbocycles. The van der Waals surface area contributed by atoms with Crippen LogP contribution in [0.5, 0.6) is 0 Å². The van der Waals surface area contributed by atoms with E-state index >= 15 is 0 Å². The summed E-state index contributed by atoms with van der Waals surface area (Å²) in [5.74, 6) is 0.153. The third kappa shape index (κ3) is 5.04. The van der Waals surface area contributed by atoms with Crippen LogP contribution < -0.4 is 10.6 Å². The van der Waals surface area contributed by atoms with Crippen LogP contribution in [0.3, 0.4) is 0 Å². The van der Waals surface area contributed by atoms with Gasteiger partial charge in [0.1, 0.15) is 0 Å². The molecule has 5 nitrogen and oxygen atoms in total. The second-order valence-corrected chi connectivity index (χ2v) is 7.62. The molecule has 1 amide bonds. The zero-order chi connectivity index (χ0) is 15.3. The molecule has 1 aliphatic rings. The van der Waals surface area contributed by atoms with Crippen molar-refractivity contribution >= 4 is 21.4 Å². The Hall–Kier alpha value is -1.56. The molecule has 21 heavy (non-hydrogen) atoms. The lowest BCUT2D eigenvalue weighted by atomic mass is 10.1. The first-order valence-corrected chi connectivity index (χ1v) is 9.13. The fraction of sp³-hybridized carbons (Fsp3) is 0.533. The highest BCUT2D eigenvalue weighted by atomic mass is 32.2. The number of carbonyl (C=O) groups excluding carboxylic acids is 1. The Morgan fingerprint density at radius 3 is 2.57 bits per heavy atom. The van der Waals surface area contributed by atoms with E-state index in [1.165, 1.54) is 5.56 Å². The van der Waals surface area contributed by atoms with E-state index in [9.17, 15) is 13.2 Å². The van der Waals surface area contributed by atoms with Crippen LogP contribution in [0.4, 0.5) is 5.69 Å². The molecule has 0 saturated carbocycles. The van der Waals surface area contributed by atoms with Gasteiger partial charge in [0.05, 0.1) is 11.5 Å². The van der Waals surface area contributed by atoms with E-state index in [4.69, 9.17) is 0 Å². The summed E-state index contributed by atoms with van der Waals surface area (Å²) in [4.78, 5) is 11.8. The quantitative estimate of drug-likeness (QED) is 0.832. The van der Waals surface area contributed by atoms with E-state index in [0.29, 0.717) is 19.4 Å². The summed E-state index contributed by atoms with van der Waals surface area (Å²) >= 11 is 0. The summed E-state index contributed by atoms with van der Waals surface area (Å²) in [6, 6.07) is 7.91. The van der Waals surface area contributed by atoms with Crippen molar-refractivity contribution < 1.29 is 13.2 Å². The van der Waals surface area contributed by atoms with Gasteiger partial charge < -0.3 is 10.6 Å². The van der Waals surface area contributed by atoms with Crippen molar-refractivity contribution in [1.29, 1.82) is 0 Å². The van der Waals surface area contributed by atoms with Gasteiger partial charge in [-0.3, -0.25) is 4.79 Å². The van der Waals surface area contributed by atoms with Crippen LogP contribution in [-0.2, 0) is 21.1 Å². The van der Waals surface area contributed by atoms with E-state index in [2.05, 4.69) is 29.7 Å². The standard InChI is InChI=1S/C15H22N2O3S/c1-2-12-3-5-13(6-4-12)16-9-7-15(18)17-14-8-10-21(19,20)11-14/h3-6,14,16H,2,7-11H2,1H3,(H,17,18). The fourth-order valence-electron chi connectivity index (χ4n) is 2.39. The predicted molar refractivity (Wildman–Crippen MR) is 84.1 cm³/mol. The molecule has 0 bridgehead atoms. The Balaban J connectivity index is 1.69. The van der Waals surface area contributed by atoms with Gasteiger partial charge >= 0.3 is 0 Å². The van der Waals surface area contributed by atoms with Gasteiger partial charge in [0, 0.05) is 24.7 Å². The zero-order valence-electron chi connectivity index (χ0n) is 12.3. The predicted octanol–water partition coefficient (Wildman–Crippen LogP) is 1.35. The van der Waals surface area contributed by atoms with Crippen LogP contribution >= 0.6 is 0 Å². The Kier molecular flexibility index (Phi) is 5.22. The SMILES string of the molecule is CCc1ccc(NCCC(=O)NC2CCS(=O)(=O)C2)cc1. The molecule has 1 aliphatic heterocycles. The van der Waals surface area contributed by atoms with Gasteiger partial charge in [-0.25, -0.2) is 8.42 Å². The molecule has 1 unspecified atom stereocenters. The van der Waals surface area contributed by atoms with Gasteiger partial charge in [0.25, 0.3) is 0 Å². The lowest BCUT2D eigenvalue weighted by Gasteiger charge is -2.11. The van der Waals surface area contributed by atoms with Gasteiger partial charge in [0.2, 0.25) is 5.91 Å². The molecular formula is C15H22N2O3S. The van der Waals surface area contributed by atoms with E-state index in [1.54, 1.807) is 0 Å². The van der Waals surface area contributed by atoms with Crippen LogP contribution in [0, 0.1) is 0 Å². The first kappa shape index (κ1) is 15.8. The molecule has 0 aromatic heterocycles. The summed E-state index contributed by atoms with van der Waals surface area (Å²) in [6.07, 6.45) is 1.87. The number of carbonyl (C=O) groups is 1. The Labute approximate surface area is 126 Å². The van der Waals surface area contributed by atoms with E-state index < -0.39 is 9.84 Å². The maximum Gasteiger partial charge on any atom is 0.222 e. The summed E-state index contributed by atoms with van der Waals surface area (Å²) in [7, 11) is -2.94. The number of benzene rings is 1. The minimum Gasteiger partial charge on any atom is -0.385 e. The van der Waals surface area contributed by atoms with Gasteiger partial charge in [-0.05, 0) is 30.5 Å². The Bertz CT molecular complexity index is 581. The monoisotopic (exact) mass is 310 g/mol. The van der Waals surface area contributed by atoms with Crippen molar-refractivity contribution in [1.82, 2.24) is 5.32 Å². The normalized spacial score (nSPS) is 20.1. The molecule has 6 heteroatoms. The molecule has 1 fully saturated rings. The van der Waals surface area contributed by atoms with Gasteiger partial charge in [-0.2, -0.15) is 0 Å². The van der Waals surface area contributed by atoms with Crippen molar-refractivity contribution in [3.05, 3.63) is 29.8 Å². The number of nitrogens with one attached hydrogen (secondary N) is 2. The Morgan fingerprint density at radius 2 is 2.00 bits per heavy atom. The average molecular weight is 310 g/mol. The van der Waals surface area contributed by atoms with Gasteiger partial charge in [-0.1, -0.05) is 19.1 Å². The number of anilines is 1. The van der Waals surface area contributed by atoms with Crippen LogP contribution in [0.1, 0.15) is 25.3 Å². The molecule has 0 radical (unpaired) electrons. The second-order valence-electron chi connectivity index (χ2n) is 5.39. The van der Waals surface area contributed by atoms with Gasteiger partial charge in [-0.15, -0.1) is 0 Å². The average Bonchev–Trinajstić information content (AvgIpc) is 2.78.